The number of benzene rings is 1. The molecule has 1 aromatic carbocycles. The highest BCUT2D eigenvalue weighted by molar-refractivity contribution is 5.92. The number of amides is 1. The minimum atomic E-state index is -0.568. The highest BCUT2D eigenvalue weighted by atomic mass is 16.6. The molecule has 1 amide bonds. The second-order valence-corrected chi connectivity index (χ2v) is 6.23. The van der Waals surface area contributed by atoms with Crippen molar-refractivity contribution in [2.45, 2.75) is 40.2 Å². The lowest BCUT2D eigenvalue weighted by Gasteiger charge is -2.17. The van der Waals surface area contributed by atoms with Crippen LogP contribution < -0.4 is 10.9 Å². The number of aromatic nitrogens is 1. The Kier molecular flexibility index (Phi) is 5.36. The number of hydrogen-bond donors (Lipinski definition) is 1. The lowest BCUT2D eigenvalue weighted by atomic mass is 9.98. The van der Waals surface area contributed by atoms with Crippen molar-refractivity contribution in [3.05, 3.63) is 67.6 Å². The highest BCUT2D eigenvalue weighted by Crippen LogP contribution is 2.27. The van der Waals surface area contributed by atoms with E-state index in [4.69, 9.17) is 0 Å². The molecule has 1 aromatic heterocycles. The highest BCUT2D eigenvalue weighted by Gasteiger charge is 2.18. The average molecular weight is 343 g/mol. The van der Waals surface area contributed by atoms with E-state index in [0.29, 0.717) is 0 Å². The van der Waals surface area contributed by atoms with Crippen LogP contribution in [0.2, 0.25) is 0 Å². The van der Waals surface area contributed by atoms with Crippen LogP contribution in [0.1, 0.15) is 36.6 Å². The molecule has 0 radical (unpaired) electrons. The molecule has 2 aromatic rings. The molecule has 0 aliphatic carbocycles. The summed E-state index contributed by atoms with van der Waals surface area (Å²) in [7, 11) is 0. The lowest BCUT2D eigenvalue weighted by molar-refractivity contribution is -0.386. The van der Waals surface area contributed by atoms with Gasteiger partial charge in [-0.3, -0.25) is 24.3 Å². The quantitative estimate of drug-likeness (QED) is 0.666. The summed E-state index contributed by atoms with van der Waals surface area (Å²) in [5.41, 5.74) is 2.15. The van der Waals surface area contributed by atoms with Gasteiger partial charge in [-0.05, 0) is 30.9 Å². The Morgan fingerprint density at radius 2 is 1.92 bits per heavy atom. The van der Waals surface area contributed by atoms with Crippen LogP contribution in [0.25, 0.3) is 0 Å². The van der Waals surface area contributed by atoms with E-state index in [1.807, 2.05) is 39.0 Å². The lowest BCUT2D eigenvalue weighted by Crippen LogP contribution is -2.29. The Balaban J connectivity index is 2.33. The molecule has 7 nitrogen and oxygen atoms in total. The van der Waals surface area contributed by atoms with Crippen LogP contribution in [0.4, 0.5) is 11.4 Å². The fourth-order valence-electron chi connectivity index (χ4n) is 2.72. The van der Waals surface area contributed by atoms with Crippen molar-refractivity contribution < 1.29 is 9.72 Å². The maximum atomic E-state index is 12.5. The summed E-state index contributed by atoms with van der Waals surface area (Å²) in [5, 5.41) is 13.9. The van der Waals surface area contributed by atoms with Gasteiger partial charge >= 0.3 is 0 Å². The Morgan fingerprint density at radius 3 is 2.52 bits per heavy atom. The molecule has 0 spiro atoms. The van der Waals surface area contributed by atoms with Gasteiger partial charge in [0, 0.05) is 17.8 Å². The van der Waals surface area contributed by atoms with Crippen LogP contribution in [-0.4, -0.2) is 15.4 Å². The van der Waals surface area contributed by atoms with Crippen LogP contribution in [0.15, 0.2) is 35.1 Å². The monoisotopic (exact) mass is 343 g/mol. The predicted octanol–water partition coefficient (Wildman–Crippen LogP) is 3.14. The van der Waals surface area contributed by atoms with Gasteiger partial charge in [-0.2, -0.15) is 0 Å². The molecule has 0 fully saturated rings. The molecule has 0 saturated carbocycles. The van der Waals surface area contributed by atoms with Gasteiger partial charge in [0.15, 0.2) is 0 Å². The molecular weight excluding hydrogens is 322 g/mol. The number of pyridine rings is 1. The number of hydrogen-bond acceptors (Lipinski definition) is 4. The maximum absolute atomic E-state index is 12.5. The molecule has 0 saturated heterocycles. The van der Waals surface area contributed by atoms with Gasteiger partial charge in [0.2, 0.25) is 5.91 Å². The summed E-state index contributed by atoms with van der Waals surface area (Å²) in [6, 6.07) is 8.02. The molecule has 0 bridgehead atoms. The van der Waals surface area contributed by atoms with Crippen molar-refractivity contribution in [3.8, 4) is 0 Å². The molecule has 0 aliphatic rings. The first-order valence-electron chi connectivity index (χ1n) is 7.96. The van der Waals surface area contributed by atoms with Crippen LogP contribution in [0, 0.1) is 24.0 Å². The van der Waals surface area contributed by atoms with Gasteiger partial charge in [-0.15, -0.1) is 0 Å². The molecule has 1 heterocycles. The Labute approximate surface area is 145 Å². The van der Waals surface area contributed by atoms with Gasteiger partial charge in [-0.25, -0.2) is 0 Å². The second kappa shape index (κ2) is 7.29. The van der Waals surface area contributed by atoms with Gasteiger partial charge < -0.3 is 5.32 Å². The van der Waals surface area contributed by atoms with Crippen molar-refractivity contribution in [2.75, 3.05) is 5.32 Å². The molecule has 0 unspecified atom stereocenters. The summed E-state index contributed by atoms with van der Waals surface area (Å²) in [6.45, 7) is 7.13. The summed E-state index contributed by atoms with van der Waals surface area (Å²) >= 11 is 0. The van der Waals surface area contributed by atoms with E-state index >= 15 is 0 Å². The number of rotatable bonds is 5. The first-order chi connectivity index (χ1) is 11.7. The Bertz CT molecular complexity index is 884. The largest absolute Gasteiger partial charge is 0.324 e. The SMILES string of the molecule is Cc1cccc(C(C)C)c1NC(=O)Cn1c(C)c([N+](=O)[O-])ccc1=O. The van der Waals surface area contributed by atoms with E-state index in [9.17, 15) is 19.7 Å². The molecule has 2 rings (SSSR count). The standard InChI is InChI=1S/C18H21N3O4/c1-11(2)14-7-5-6-12(3)18(14)19-16(22)10-20-13(4)15(21(24)25)8-9-17(20)23/h5-9,11H,10H2,1-4H3,(H,19,22). The van der Waals surface area contributed by atoms with E-state index in [-0.39, 0.29) is 23.8 Å². The third kappa shape index (κ3) is 3.93. The third-order valence-corrected chi connectivity index (χ3v) is 4.12. The first-order valence-corrected chi connectivity index (χ1v) is 7.96. The number of anilines is 1. The van der Waals surface area contributed by atoms with Gasteiger partial charge in [0.25, 0.3) is 11.2 Å². The average Bonchev–Trinajstić information content (AvgIpc) is 2.52. The third-order valence-electron chi connectivity index (χ3n) is 4.12. The van der Waals surface area contributed by atoms with Crippen molar-refractivity contribution in [2.24, 2.45) is 0 Å². The second-order valence-electron chi connectivity index (χ2n) is 6.23. The summed E-state index contributed by atoms with van der Waals surface area (Å²) in [4.78, 5) is 34.9. The van der Waals surface area contributed by atoms with Crippen molar-refractivity contribution in [1.82, 2.24) is 4.57 Å². The fraction of sp³-hybridized carbons (Fsp3) is 0.333. The van der Waals surface area contributed by atoms with Crippen LogP contribution in [0.3, 0.4) is 0 Å². The number of nitrogens with one attached hydrogen (secondary N) is 1. The Hall–Kier alpha value is -2.96. The molecule has 7 heteroatoms. The number of nitrogens with zero attached hydrogens (tertiary/aromatic N) is 2. The van der Waals surface area contributed by atoms with Crippen molar-refractivity contribution >= 4 is 17.3 Å². The van der Waals surface area contributed by atoms with Gasteiger partial charge in [0.1, 0.15) is 6.54 Å². The molecule has 132 valence electrons. The zero-order chi connectivity index (χ0) is 18.7. The molecule has 0 atom stereocenters. The van der Waals surface area contributed by atoms with E-state index in [1.54, 1.807) is 0 Å². The molecule has 0 aliphatic heterocycles. The van der Waals surface area contributed by atoms with Gasteiger partial charge in [0.05, 0.1) is 10.6 Å². The van der Waals surface area contributed by atoms with Crippen LogP contribution in [0.5, 0.6) is 0 Å². The van der Waals surface area contributed by atoms with Crippen molar-refractivity contribution in [3.63, 3.8) is 0 Å². The van der Waals surface area contributed by atoms with Crippen LogP contribution in [-0.2, 0) is 11.3 Å². The van der Waals surface area contributed by atoms with Crippen molar-refractivity contribution in [1.29, 1.82) is 0 Å². The number of carbonyl (C=O) groups excluding carboxylic acids is 1. The summed E-state index contributed by atoms with van der Waals surface area (Å²) in [5.74, 6) is -0.181. The normalized spacial score (nSPS) is 10.8. The number of para-hydroxylation sites is 1. The zero-order valence-electron chi connectivity index (χ0n) is 14.7. The molecular formula is C18H21N3O4. The predicted molar refractivity (Wildman–Crippen MR) is 96.0 cm³/mol. The first kappa shape index (κ1) is 18.4. The van der Waals surface area contributed by atoms with Gasteiger partial charge in [-0.1, -0.05) is 32.0 Å². The maximum Gasteiger partial charge on any atom is 0.288 e. The fourth-order valence-corrected chi connectivity index (χ4v) is 2.72. The summed E-state index contributed by atoms with van der Waals surface area (Å²) < 4.78 is 1.11. The zero-order valence-corrected chi connectivity index (χ0v) is 14.7. The smallest absolute Gasteiger partial charge is 0.288 e. The van der Waals surface area contributed by atoms with E-state index in [2.05, 4.69) is 5.32 Å². The molecule has 1 N–H and O–H groups in total. The number of aryl methyl sites for hydroxylation is 1. The Morgan fingerprint density at radius 1 is 1.24 bits per heavy atom. The minimum absolute atomic E-state index is 0.154. The molecule has 25 heavy (non-hydrogen) atoms. The van der Waals surface area contributed by atoms with E-state index in [0.717, 1.165) is 33.5 Å². The summed E-state index contributed by atoms with van der Waals surface area (Å²) in [6.07, 6.45) is 0. The van der Waals surface area contributed by atoms with E-state index in [1.165, 1.54) is 6.92 Å². The topological polar surface area (TPSA) is 94.2 Å². The number of nitro groups is 1. The minimum Gasteiger partial charge on any atom is -0.324 e. The van der Waals surface area contributed by atoms with E-state index < -0.39 is 16.4 Å². The number of carbonyl (C=O) groups is 1. The van der Waals surface area contributed by atoms with Crippen LogP contribution >= 0.6 is 0 Å².